The van der Waals surface area contributed by atoms with Gasteiger partial charge in [-0.15, -0.1) is 0 Å². The van der Waals surface area contributed by atoms with Crippen LogP contribution >= 0.6 is 0 Å². The molecule has 3 heteroatoms. The quantitative estimate of drug-likeness (QED) is 0.510. The number of ether oxygens (including phenoxy) is 2. The molecule has 0 spiro atoms. The van der Waals surface area contributed by atoms with Gasteiger partial charge in [-0.1, -0.05) is 78.9 Å². The summed E-state index contributed by atoms with van der Waals surface area (Å²) in [4.78, 5) is 0. The molecule has 5 rings (SSSR count). The molecule has 1 heterocycles. The van der Waals surface area contributed by atoms with Crippen LogP contribution in [0.5, 0.6) is 11.5 Å². The van der Waals surface area contributed by atoms with E-state index in [1.165, 1.54) is 10.9 Å². The summed E-state index contributed by atoms with van der Waals surface area (Å²) in [5.41, 5.74) is 3.45. The van der Waals surface area contributed by atoms with Crippen LogP contribution in [0, 0.1) is 0 Å². The summed E-state index contributed by atoms with van der Waals surface area (Å²) in [7, 11) is 1.68. The SMILES string of the molecule is COc1ccc([C@@H]2N[C@H](c3ccccc3)c3ccc4ccccc4c3O2)cc1. The monoisotopic (exact) mass is 367 g/mol. The largest absolute Gasteiger partial charge is 0.497 e. The molecule has 2 atom stereocenters. The summed E-state index contributed by atoms with van der Waals surface area (Å²) in [6.07, 6.45) is -0.241. The Morgan fingerprint density at radius 3 is 2.29 bits per heavy atom. The van der Waals surface area contributed by atoms with E-state index in [1.807, 2.05) is 18.2 Å². The summed E-state index contributed by atoms with van der Waals surface area (Å²) >= 11 is 0. The highest BCUT2D eigenvalue weighted by atomic mass is 16.5. The van der Waals surface area contributed by atoms with Gasteiger partial charge in [0, 0.05) is 16.5 Å². The summed E-state index contributed by atoms with van der Waals surface area (Å²) in [6.45, 7) is 0. The first-order valence-corrected chi connectivity index (χ1v) is 9.47. The number of hydrogen-bond donors (Lipinski definition) is 1. The Morgan fingerprint density at radius 1 is 0.750 bits per heavy atom. The predicted octanol–water partition coefficient (Wildman–Crippen LogP) is 5.62. The molecule has 1 N–H and O–H groups in total. The van der Waals surface area contributed by atoms with Gasteiger partial charge in [0.1, 0.15) is 11.5 Å². The first-order valence-electron chi connectivity index (χ1n) is 9.47. The Morgan fingerprint density at radius 2 is 1.50 bits per heavy atom. The van der Waals surface area contributed by atoms with Gasteiger partial charge in [0.2, 0.25) is 0 Å². The van der Waals surface area contributed by atoms with Gasteiger partial charge in [-0.3, -0.25) is 5.32 Å². The average Bonchev–Trinajstić information content (AvgIpc) is 2.79. The van der Waals surface area contributed by atoms with E-state index in [0.29, 0.717) is 0 Å². The van der Waals surface area contributed by atoms with E-state index in [2.05, 4.69) is 78.1 Å². The first kappa shape index (κ1) is 16.8. The smallest absolute Gasteiger partial charge is 0.177 e. The van der Waals surface area contributed by atoms with Gasteiger partial charge in [0.05, 0.1) is 13.2 Å². The van der Waals surface area contributed by atoms with Gasteiger partial charge in [0.25, 0.3) is 0 Å². The summed E-state index contributed by atoms with van der Waals surface area (Å²) < 4.78 is 11.8. The number of methoxy groups -OCH3 is 1. The van der Waals surface area contributed by atoms with E-state index in [4.69, 9.17) is 9.47 Å². The van der Waals surface area contributed by atoms with Crippen molar-refractivity contribution in [3.8, 4) is 11.5 Å². The topological polar surface area (TPSA) is 30.5 Å². The molecule has 0 fully saturated rings. The third kappa shape index (κ3) is 2.90. The summed E-state index contributed by atoms with van der Waals surface area (Å²) in [5.74, 6) is 1.79. The van der Waals surface area contributed by atoms with Crippen LogP contribution in [0.4, 0.5) is 0 Å². The number of hydrogen-bond acceptors (Lipinski definition) is 3. The van der Waals surface area contributed by atoms with Crippen LogP contribution in [-0.2, 0) is 0 Å². The van der Waals surface area contributed by atoms with Crippen molar-refractivity contribution in [3.63, 3.8) is 0 Å². The fraction of sp³-hybridized carbons (Fsp3) is 0.120. The molecule has 0 bridgehead atoms. The third-order valence-corrected chi connectivity index (χ3v) is 5.33. The van der Waals surface area contributed by atoms with Gasteiger partial charge in [-0.25, -0.2) is 0 Å². The lowest BCUT2D eigenvalue weighted by atomic mass is 9.93. The van der Waals surface area contributed by atoms with E-state index < -0.39 is 0 Å². The summed E-state index contributed by atoms with van der Waals surface area (Å²) in [6, 6.07) is 31.3. The number of benzene rings is 4. The van der Waals surface area contributed by atoms with Crippen LogP contribution < -0.4 is 14.8 Å². The highest BCUT2D eigenvalue weighted by Gasteiger charge is 2.30. The number of fused-ring (bicyclic) bond motifs is 3. The van der Waals surface area contributed by atoms with Crippen molar-refractivity contribution in [2.75, 3.05) is 7.11 Å². The Bertz CT molecular complexity index is 1110. The fourth-order valence-corrected chi connectivity index (χ4v) is 3.88. The minimum absolute atomic E-state index is 0.0571. The highest BCUT2D eigenvalue weighted by molar-refractivity contribution is 5.90. The second-order valence-electron chi connectivity index (χ2n) is 6.99. The molecule has 0 radical (unpaired) electrons. The van der Waals surface area contributed by atoms with E-state index in [-0.39, 0.29) is 12.3 Å². The average molecular weight is 367 g/mol. The Hall–Kier alpha value is -3.30. The Labute approximate surface area is 164 Å². The van der Waals surface area contributed by atoms with E-state index in [9.17, 15) is 0 Å². The van der Waals surface area contributed by atoms with Crippen molar-refractivity contribution < 1.29 is 9.47 Å². The van der Waals surface area contributed by atoms with Crippen molar-refractivity contribution in [3.05, 3.63) is 108 Å². The molecule has 0 aromatic heterocycles. The maximum Gasteiger partial charge on any atom is 0.177 e. The molecule has 1 aliphatic heterocycles. The van der Waals surface area contributed by atoms with E-state index in [1.54, 1.807) is 7.11 Å². The molecule has 0 amide bonds. The third-order valence-electron chi connectivity index (χ3n) is 5.33. The van der Waals surface area contributed by atoms with Crippen molar-refractivity contribution in [2.45, 2.75) is 12.3 Å². The maximum atomic E-state index is 6.50. The van der Waals surface area contributed by atoms with E-state index in [0.717, 1.165) is 28.0 Å². The molecule has 4 aromatic rings. The lowest BCUT2D eigenvalue weighted by Gasteiger charge is -2.35. The molecule has 3 nitrogen and oxygen atoms in total. The van der Waals surface area contributed by atoms with E-state index >= 15 is 0 Å². The van der Waals surface area contributed by atoms with Crippen LogP contribution in [0.25, 0.3) is 10.8 Å². The normalized spacial score (nSPS) is 18.3. The molecule has 0 saturated heterocycles. The standard InChI is InChI=1S/C25H21NO2/c1-27-20-14-11-19(12-15-20)25-26-23(18-8-3-2-4-9-18)22-16-13-17-7-5-6-10-21(17)24(22)28-25/h2-16,23,25-26H,1H3/t23-,25-/m1/s1. The zero-order valence-electron chi connectivity index (χ0n) is 15.6. The summed E-state index contributed by atoms with van der Waals surface area (Å²) in [5, 5.41) is 6.00. The second kappa shape index (κ2) is 7.02. The van der Waals surface area contributed by atoms with Gasteiger partial charge in [-0.2, -0.15) is 0 Å². The molecule has 1 aliphatic rings. The first-order chi connectivity index (χ1) is 13.8. The minimum Gasteiger partial charge on any atom is -0.497 e. The Kier molecular flexibility index (Phi) is 4.22. The minimum atomic E-state index is -0.241. The van der Waals surface area contributed by atoms with Gasteiger partial charge in [-0.05, 0) is 23.1 Å². The molecule has 0 unspecified atom stereocenters. The zero-order valence-corrected chi connectivity index (χ0v) is 15.6. The van der Waals surface area contributed by atoms with Crippen molar-refractivity contribution in [1.29, 1.82) is 0 Å². The van der Waals surface area contributed by atoms with Gasteiger partial charge in [0.15, 0.2) is 6.23 Å². The van der Waals surface area contributed by atoms with Crippen LogP contribution in [0.3, 0.4) is 0 Å². The van der Waals surface area contributed by atoms with Crippen LogP contribution in [0.15, 0.2) is 91.0 Å². The molecule has 4 aromatic carbocycles. The second-order valence-corrected chi connectivity index (χ2v) is 6.99. The molecule has 0 saturated carbocycles. The van der Waals surface area contributed by atoms with Gasteiger partial charge >= 0.3 is 0 Å². The zero-order chi connectivity index (χ0) is 18.9. The number of nitrogens with one attached hydrogen (secondary N) is 1. The lowest BCUT2D eigenvalue weighted by molar-refractivity contribution is 0.135. The molecule has 28 heavy (non-hydrogen) atoms. The highest BCUT2D eigenvalue weighted by Crippen LogP contribution is 2.42. The van der Waals surface area contributed by atoms with Crippen molar-refractivity contribution in [2.24, 2.45) is 0 Å². The molecular formula is C25H21NO2. The molecule has 138 valence electrons. The van der Waals surface area contributed by atoms with Crippen molar-refractivity contribution >= 4 is 10.8 Å². The van der Waals surface area contributed by atoms with Gasteiger partial charge < -0.3 is 9.47 Å². The van der Waals surface area contributed by atoms with Crippen LogP contribution in [-0.4, -0.2) is 7.11 Å². The van der Waals surface area contributed by atoms with Crippen LogP contribution in [0.2, 0.25) is 0 Å². The van der Waals surface area contributed by atoms with Crippen LogP contribution in [0.1, 0.15) is 29.0 Å². The predicted molar refractivity (Wildman–Crippen MR) is 112 cm³/mol. The lowest BCUT2D eigenvalue weighted by Crippen LogP contribution is -2.35. The molecular weight excluding hydrogens is 346 g/mol. The molecule has 0 aliphatic carbocycles. The number of rotatable bonds is 3. The van der Waals surface area contributed by atoms with Crippen molar-refractivity contribution in [1.82, 2.24) is 5.32 Å². The fourth-order valence-electron chi connectivity index (χ4n) is 3.88. The Balaban J connectivity index is 1.65. The maximum absolute atomic E-state index is 6.50.